The van der Waals surface area contributed by atoms with Crippen LogP contribution in [0.5, 0.6) is 0 Å². The molecular formula is C22H38O12S3. The summed E-state index contributed by atoms with van der Waals surface area (Å²) in [6.07, 6.45) is -0.314. The second kappa shape index (κ2) is 9.61. The van der Waals surface area contributed by atoms with E-state index < -0.39 is 60.8 Å². The summed E-state index contributed by atoms with van der Waals surface area (Å²) in [6, 6.07) is 0. The molecule has 0 heterocycles. The highest BCUT2D eigenvalue weighted by Gasteiger charge is 2.65. The van der Waals surface area contributed by atoms with Crippen LogP contribution in [0.3, 0.4) is 0 Å². The lowest BCUT2D eigenvalue weighted by Crippen LogP contribution is -2.62. The van der Waals surface area contributed by atoms with Crippen molar-refractivity contribution in [1.29, 1.82) is 0 Å². The van der Waals surface area contributed by atoms with Crippen molar-refractivity contribution >= 4 is 31.2 Å². The molecule has 3 N–H and O–H groups in total. The zero-order valence-electron chi connectivity index (χ0n) is 21.4. The Kier molecular flexibility index (Phi) is 7.69. The number of rotatable bonds is 7. The van der Waals surface area contributed by atoms with E-state index in [0.717, 1.165) is 25.7 Å². The van der Waals surface area contributed by atoms with E-state index in [1.165, 1.54) is 0 Å². The third kappa shape index (κ3) is 5.89. The van der Waals surface area contributed by atoms with Crippen LogP contribution < -0.4 is 0 Å². The predicted molar refractivity (Wildman–Crippen MR) is 130 cm³/mol. The first-order valence-corrected chi connectivity index (χ1v) is 16.8. The number of hydrogen-bond donors (Lipinski definition) is 3. The average molecular weight is 591 g/mol. The molecule has 0 aromatic rings. The molecule has 4 fully saturated rings. The van der Waals surface area contributed by atoms with Gasteiger partial charge in [0.1, 0.15) is 12.2 Å². The van der Waals surface area contributed by atoms with Gasteiger partial charge in [-0.2, -0.15) is 25.3 Å². The maximum absolute atomic E-state index is 11.9. The molecule has 0 bridgehead atoms. The van der Waals surface area contributed by atoms with Crippen LogP contribution in [0.2, 0.25) is 0 Å². The largest absolute Gasteiger partial charge is 0.397 e. The lowest BCUT2D eigenvalue weighted by Gasteiger charge is -2.63. The van der Waals surface area contributed by atoms with Gasteiger partial charge in [-0.15, -0.1) is 0 Å². The quantitative estimate of drug-likeness (QED) is 0.368. The van der Waals surface area contributed by atoms with Crippen molar-refractivity contribution in [3.8, 4) is 0 Å². The van der Waals surface area contributed by atoms with Gasteiger partial charge in [0.05, 0.1) is 6.10 Å². The van der Waals surface area contributed by atoms with Crippen LogP contribution in [-0.2, 0) is 43.7 Å². The lowest BCUT2D eigenvalue weighted by molar-refractivity contribution is -0.183. The zero-order valence-corrected chi connectivity index (χ0v) is 23.8. The molecule has 4 aliphatic rings. The highest BCUT2D eigenvalue weighted by Crippen LogP contribution is 2.68. The van der Waals surface area contributed by atoms with Crippen LogP contribution in [0.4, 0.5) is 0 Å². The van der Waals surface area contributed by atoms with Gasteiger partial charge in [0.2, 0.25) is 0 Å². The molecule has 0 saturated heterocycles. The molecule has 0 aromatic heterocycles. The van der Waals surface area contributed by atoms with Crippen molar-refractivity contribution in [2.24, 2.45) is 46.3 Å². The fourth-order valence-electron chi connectivity index (χ4n) is 9.17. The topological polar surface area (TPSA) is 191 Å². The Labute approximate surface area is 219 Å². The second-order valence-electron chi connectivity index (χ2n) is 12.3. The van der Waals surface area contributed by atoms with Crippen molar-refractivity contribution in [2.75, 3.05) is 0 Å². The summed E-state index contributed by atoms with van der Waals surface area (Å²) < 4.78 is 113. The minimum absolute atomic E-state index is 0.00177. The molecule has 0 amide bonds. The monoisotopic (exact) mass is 590 g/mol. The predicted octanol–water partition coefficient (Wildman–Crippen LogP) is 3.09. The summed E-state index contributed by atoms with van der Waals surface area (Å²) >= 11 is 0. The minimum Gasteiger partial charge on any atom is -0.264 e. The zero-order chi connectivity index (χ0) is 27.8. The van der Waals surface area contributed by atoms with Gasteiger partial charge in [-0.05, 0) is 91.3 Å². The fourth-order valence-corrected chi connectivity index (χ4v) is 10.7. The third-order valence-electron chi connectivity index (χ3n) is 10.2. The van der Waals surface area contributed by atoms with Gasteiger partial charge in [0.15, 0.2) is 0 Å². The highest BCUT2D eigenvalue weighted by atomic mass is 32.3. The smallest absolute Gasteiger partial charge is 0.264 e. The molecule has 4 saturated carbocycles. The Bertz CT molecular complexity index is 1200. The van der Waals surface area contributed by atoms with E-state index in [2.05, 4.69) is 20.8 Å². The van der Waals surface area contributed by atoms with Gasteiger partial charge in [-0.1, -0.05) is 27.7 Å². The van der Waals surface area contributed by atoms with Crippen molar-refractivity contribution in [3.63, 3.8) is 0 Å². The molecule has 12 nitrogen and oxygen atoms in total. The van der Waals surface area contributed by atoms with E-state index in [1.807, 2.05) is 6.92 Å². The summed E-state index contributed by atoms with van der Waals surface area (Å²) in [7, 11) is -14.9. The van der Waals surface area contributed by atoms with Crippen molar-refractivity contribution in [3.05, 3.63) is 0 Å². The standard InChI is InChI=1S/C22H38O12S3/c1-12(2)14-5-6-15-13-9-18(32-35(23,24)25)17-10-19(33-36(26,27)28)20(34-37(29,30)31)11-22(17,4)16(13)7-8-21(14,15)3/h12-20H,5-11H2,1-4H3,(H,23,24,25)(H,26,27,28)(H,29,30,31). The summed E-state index contributed by atoms with van der Waals surface area (Å²) in [5.41, 5.74) is -0.763. The van der Waals surface area contributed by atoms with Crippen LogP contribution >= 0.6 is 0 Å². The van der Waals surface area contributed by atoms with Gasteiger partial charge in [-0.25, -0.2) is 12.5 Å². The van der Waals surface area contributed by atoms with E-state index in [0.29, 0.717) is 18.3 Å². The van der Waals surface area contributed by atoms with E-state index >= 15 is 0 Å². The van der Waals surface area contributed by atoms with Crippen LogP contribution in [0, 0.1) is 46.3 Å². The molecule has 0 aliphatic heterocycles. The Morgan fingerprint density at radius 3 is 1.73 bits per heavy atom. The minimum atomic E-state index is -5.04. The molecule has 216 valence electrons. The van der Waals surface area contributed by atoms with E-state index in [9.17, 15) is 38.9 Å². The Balaban J connectivity index is 1.76. The molecule has 0 aromatic carbocycles. The van der Waals surface area contributed by atoms with Crippen molar-refractivity contribution in [1.82, 2.24) is 0 Å². The highest BCUT2D eigenvalue weighted by molar-refractivity contribution is 7.81. The first-order valence-electron chi connectivity index (χ1n) is 12.7. The Morgan fingerprint density at radius 1 is 0.676 bits per heavy atom. The molecular weight excluding hydrogens is 552 g/mol. The van der Waals surface area contributed by atoms with Gasteiger partial charge < -0.3 is 0 Å². The van der Waals surface area contributed by atoms with E-state index in [4.69, 9.17) is 12.5 Å². The summed E-state index contributed by atoms with van der Waals surface area (Å²) in [5, 5.41) is 0. The van der Waals surface area contributed by atoms with Crippen LogP contribution in [-0.4, -0.2) is 57.2 Å². The molecule has 15 heteroatoms. The second-order valence-corrected chi connectivity index (χ2v) is 15.5. The Morgan fingerprint density at radius 2 is 1.19 bits per heavy atom. The number of fused-ring (bicyclic) bond motifs is 5. The van der Waals surface area contributed by atoms with Crippen LogP contribution in [0.1, 0.15) is 72.6 Å². The first-order chi connectivity index (χ1) is 16.7. The summed E-state index contributed by atoms with van der Waals surface area (Å²) in [6.45, 7) is 8.58. The third-order valence-corrected chi connectivity index (χ3v) is 11.7. The first kappa shape index (κ1) is 29.6. The molecule has 10 atom stereocenters. The molecule has 37 heavy (non-hydrogen) atoms. The Hall–Kier alpha value is -0.390. The number of hydrogen-bond acceptors (Lipinski definition) is 9. The van der Waals surface area contributed by atoms with Gasteiger partial charge in [0, 0.05) is 0 Å². The molecule has 10 unspecified atom stereocenters. The summed E-state index contributed by atoms with van der Waals surface area (Å²) in [4.78, 5) is 0. The van der Waals surface area contributed by atoms with Crippen molar-refractivity contribution < 1.29 is 51.5 Å². The molecule has 0 spiro atoms. The maximum atomic E-state index is 11.9. The maximum Gasteiger partial charge on any atom is 0.397 e. The molecule has 4 rings (SSSR count). The molecule has 0 radical (unpaired) electrons. The summed E-state index contributed by atoms with van der Waals surface area (Å²) in [5.74, 6) is 0.582. The molecule has 4 aliphatic carbocycles. The average Bonchev–Trinajstić information content (AvgIpc) is 3.03. The lowest BCUT2D eigenvalue weighted by atomic mass is 9.43. The van der Waals surface area contributed by atoms with Gasteiger partial charge in [-0.3, -0.25) is 13.7 Å². The van der Waals surface area contributed by atoms with Gasteiger partial charge in [0.25, 0.3) is 0 Å². The van der Waals surface area contributed by atoms with Crippen LogP contribution in [0.15, 0.2) is 0 Å². The normalized spacial score (nSPS) is 44.8. The SMILES string of the molecule is CC(C)C1CCC2C3CC(OS(=O)(=O)O)C4CC(OS(=O)(=O)O)C(OS(=O)(=O)O)CC4(C)C3CCC12C. The van der Waals surface area contributed by atoms with E-state index in [1.54, 1.807) is 0 Å². The van der Waals surface area contributed by atoms with Gasteiger partial charge >= 0.3 is 31.2 Å². The van der Waals surface area contributed by atoms with Crippen LogP contribution in [0.25, 0.3) is 0 Å². The fraction of sp³-hybridized carbons (Fsp3) is 1.00. The van der Waals surface area contributed by atoms with E-state index in [-0.39, 0.29) is 36.0 Å². The van der Waals surface area contributed by atoms with Crippen molar-refractivity contribution in [2.45, 2.75) is 91.0 Å².